The Labute approximate surface area is 107 Å². The molecule has 0 aromatic carbocycles. The molecule has 1 aliphatic rings. The molecule has 0 saturated carbocycles. The molecule has 0 aliphatic carbocycles. The molecule has 1 aromatic heterocycles. The van der Waals surface area contributed by atoms with E-state index in [1.807, 2.05) is 12.1 Å². The average molecular weight is 252 g/mol. The molecule has 94 valence electrons. The maximum absolute atomic E-state index is 11.8. The Morgan fingerprint density at radius 1 is 1.59 bits per heavy atom. The molecule has 0 radical (unpaired) electrons. The molecule has 2 heterocycles. The minimum absolute atomic E-state index is 0.0766. The van der Waals surface area contributed by atoms with Gasteiger partial charge in [0.1, 0.15) is 0 Å². The molecular weight excluding hydrogens is 232 g/mol. The Morgan fingerprint density at radius 3 is 3.12 bits per heavy atom. The third-order valence-electron chi connectivity index (χ3n) is 3.17. The number of thiophene rings is 1. The third kappa shape index (κ3) is 3.54. The van der Waals surface area contributed by atoms with Gasteiger partial charge in [-0.3, -0.25) is 4.79 Å². The van der Waals surface area contributed by atoms with E-state index < -0.39 is 0 Å². The lowest BCUT2D eigenvalue weighted by Gasteiger charge is -2.10. The van der Waals surface area contributed by atoms with Crippen molar-refractivity contribution in [3.8, 4) is 0 Å². The molecule has 4 heteroatoms. The molecule has 0 bridgehead atoms. The number of hydrogen-bond acceptors (Lipinski definition) is 3. The van der Waals surface area contributed by atoms with E-state index in [1.165, 1.54) is 17.7 Å². The predicted octanol–water partition coefficient (Wildman–Crippen LogP) is 2.18. The normalized spacial score (nSPS) is 19.5. The molecule has 1 aromatic rings. The SMILES string of the molecule is CCc1ccc(C(=O)NCCC2CCCN2)s1. The summed E-state index contributed by atoms with van der Waals surface area (Å²) in [5.41, 5.74) is 0. The molecule has 1 atom stereocenters. The van der Waals surface area contributed by atoms with Crippen LogP contribution in [0.5, 0.6) is 0 Å². The van der Waals surface area contributed by atoms with E-state index in [2.05, 4.69) is 17.6 Å². The van der Waals surface area contributed by atoms with Gasteiger partial charge in [-0.05, 0) is 44.4 Å². The monoisotopic (exact) mass is 252 g/mol. The van der Waals surface area contributed by atoms with Gasteiger partial charge in [-0.1, -0.05) is 6.92 Å². The van der Waals surface area contributed by atoms with E-state index in [0.29, 0.717) is 6.04 Å². The van der Waals surface area contributed by atoms with E-state index >= 15 is 0 Å². The summed E-state index contributed by atoms with van der Waals surface area (Å²) >= 11 is 1.60. The second kappa shape index (κ2) is 6.17. The number of nitrogens with one attached hydrogen (secondary N) is 2. The first-order valence-corrected chi connectivity index (χ1v) is 7.21. The van der Waals surface area contributed by atoms with Crippen LogP contribution in [0.2, 0.25) is 0 Å². The van der Waals surface area contributed by atoms with Crippen LogP contribution in [-0.2, 0) is 6.42 Å². The smallest absolute Gasteiger partial charge is 0.261 e. The molecule has 0 spiro atoms. The molecule has 1 saturated heterocycles. The maximum Gasteiger partial charge on any atom is 0.261 e. The lowest BCUT2D eigenvalue weighted by molar-refractivity contribution is 0.0956. The molecular formula is C13H20N2OS. The predicted molar refractivity (Wildman–Crippen MR) is 71.7 cm³/mol. The summed E-state index contributed by atoms with van der Waals surface area (Å²) in [5, 5.41) is 6.43. The van der Waals surface area contributed by atoms with Gasteiger partial charge in [-0.25, -0.2) is 0 Å². The Bertz CT molecular complexity index is 369. The van der Waals surface area contributed by atoms with E-state index in [-0.39, 0.29) is 5.91 Å². The largest absolute Gasteiger partial charge is 0.351 e. The molecule has 1 aliphatic heterocycles. The van der Waals surface area contributed by atoms with Gasteiger partial charge in [0.15, 0.2) is 0 Å². The van der Waals surface area contributed by atoms with E-state index in [9.17, 15) is 4.79 Å². The molecule has 2 N–H and O–H groups in total. The van der Waals surface area contributed by atoms with Crippen molar-refractivity contribution in [2.75, 3.05) is 13.1 Å². The van der Waals surface area contributed by atoms with Crippen LogP contribution < -0.4 is 10.6 Å². The van der Waals surface area contributed by atoms with Gasteiger partial charge in [-0.15, -0.1) is 11.3 Å². The zero-order valence-electron chi connectivity index (χ0n) is 10.3. The molecule has 17 heavy (non-hydrogen) atoms. The van der Waals surface area contributed by atoms with Crippen LogP contribution in [0.4, 0.5) is 0 Å². The fraction of sp³-hybridized carbons (Fsp3) is 0.615. The Kier molecular flexibility index (Phi) is 4.57. The van der Waals surface area contributed by atoms with Gasteiger partial charge in [0.05, 0.1) is 4.88 Å². The number of hydrogen-bond donors (Lipinski definition) is 2. The van der Waals surface area contributed by atoms with Gasteiger partial charge in [0, 0.05) is 17.5 Å². The van der Waals surface area contributed by atoms with Crippen LogP contribution in [-0.4, -0.2) is 25.0 Å². The number of carbonyl (C=O) groups excluding carboxylic acids is 1. The maximum atomic E-state index is 11.8. The highest BCUT2D eigenvalue weighted by atomic mass is 32.1. The zero-order valence-corrected chi connectivity index (χ0v) is 11.1. The van der Waals surface area contributed by atoms with Crippen molar-refractivity contribution in [1.82, 2.24) is 10.6 Å². The van der Waals surface area contributed by atoms with Crippen molar-refractivity contribution >= 4 is 17.2 Å². The van der Waals surface area contributed by atoms with Crippen LogP contribution in [0.1, 0.15) is 40.7 Å². The minimum atomic E-state index is 0.0766. The Morgan fingerprint density at radius 2 is 2.47 bits per heavy atom. The number of amides is 1. The lowest BCUT2D eigenvalue weighted by Crippen LogP contribution is -2.30. The highest BCUT2D eigenvalue weighted by Crippen LogP contribution is 2.16. The van der Waals surface area contributed by atoms with Gasteiger partial charge < -0.3 is 10.6 Å². The molecule has 2 rings (SSSR count). The second-order valence-electron chi connectivity index (χ2n) is 4.46. The summed E-state index contributed by atoms with van der Waals surface area (Å²) in [5.74, 6) is 0.0766. The Balaban J connectivity index is 1.72. The average Bonchev–Trinajstić information content (AvgIpc) is 2.99. The quantitative estimate of drug-likeness (QED) is 0.843. The van der Waals surface area contributed by atoms with Gasteiger partial charge in [0.25, 0.3) is 5.91 Å². The number of aryl methyl sites for hydroxylation is 1. The fourth-order valence-corrected chi connectivity index (χ4v) is 3.00. The summed E-state index contributed by atoms with van der Waals surface area (Å²) in [6.07, 6.45) is 4.56. The number of rotatable bonds is 5. The summed E-state index contributed by atoms with van der Waals surface area (Å²) in [7, 11) is 0. The van der Waals surface area contributed by atoms with Crippen LogP contribution >= 0.6 is 11.3 Å². The van der Waals surface area contributed by atoms with Crippen LogP contribution in [0.25, 0.3) is 0 Å². The summed E-state index contributed by atoms with van der Waals surface area (Å²) < 4.78 is 0. The zero-order chi connectivity index (χ0) is 12.1. The standard InChI is InChI=1S/C13H20N2OS/c1-2-11-5-6-12(17-11)13(16)15-9-7-10-4-3-8-14-10/h5-6,10,14H,2-4,7-9H2,1H3,(H,15,16). The first kappa shape index (κ1) is 12.6. The Hall–Kier alpha value is -0.870. The van der Waals surface area contributed by atoms with Crippen LogP contribution in [0.3, 0.4) is 0 Å². The van der Waals surface area contributed by atoms with Gasteiger partial charge >= 0.3 is 0 Å². The molecule has 3 nitrogen and oxygen atoms in total. The van der Waals surface area contributed by atoms with Crippen molar-refractivity contribution in [1.29, 1.82) is 0 Å². The third-order valence-corrected chi connectivity index (χ3v) is 4.40. The van der Waals surface area contributed by atoms with Gasteiger partial charge in [0.2, 0.25) is 0 Å². The van der Waals surface area contributed by atoms with E-state index in [1.54, 1.807) is 11.3 Å². The van der Waals surface area contributed by atoms with Crippen LogP contribution in [0, 0.1) is 0 Å². The van der Waals surface area contributed by atoms with Gasteiger partial charge in [-0.2, -0.15) is 0 Å². The molecule has 1 fully saturated rings. The van der Waals surface area contributed by atoms with Crippen molar-refractivity contribution in [3.05, 3.63) is 21.9 Å². The van der Waals surface area contributed by atoms with Crippen molar-refractivity contribution in [2.24, 2.45) is 0 Å². The highest BCUT2D eigenvalue weighted by Gasteiger charge is 2.14. The second-order valence-corrected chi connectivity index (χ2v) is 5.63. The highest BCUT2D eigenvalue weighted by molar-refractivity contribution is 7.14. The molecule has 1 amide bonds. The first-order chi connectivity index (χ1) is 8.29. The van der Waals surface area contributed by atoms with Crippen molar-refractivity contribution in [3.63, 3.8) is 0 Å². The first-order valence-electron chi connectivity index (χ1n) is 6.40. The van der Waals surface area contributed by atoms with Crippen LogP contribution in [0.15, 0.2) is 12.1 Å². The summed E-state index contributed by atoms with van der Waals surface area (Å²) in [4.78, 5) is 13.9. The molecule has 1 unspecified atom stereocenters. The summed E-state index contributed by atoms with van der Waals surface area (Å²) in [6, 6.07) is 4.56. The van der Waals surface area contributed by atoms with Crippen molar-refractivity contribution in [2.45, 2.75) is 38.6 Å². The lowest BCUT2D eigenvalue weighted by atomic mass is 10.1. The minimum Gasteiger partial charge on any atom is -0.351 e. The topological polar surface area (TPSA) is 41.1 Å². The number of carbonyl (C=O) groups is 1. The van der Waals surface area contributed by atoms with Crippen molar-refractivity contribution < 1.29 is 4.79 Å². The fourth-order valence-electron chi connectivity index (χ4n) is 2.14. The van der Waals surface area contributed by atoms with E-state index in [4.69, 9.17) is 0 Å². The van der Waals surface area contributed by atoms with E-state index in [0.717, 1.165) is 30.8 Å². The summed E-state index contributed by atoms with van der Waals surface area (Å²) in [6.45, 7) is 4.01.